The zero-order valence-corrected chi connectivity index (χ0v) is 7.69. The van der Waals surface area contributed by atoms with Gasteiger partial charge in [-0.15, -0.1) is 10.2 Å². The lowest BCUT2D eigenvalue weighted by atomic mass is 10.2. The van der Waals surface area contributed by atoms with E-state index in [9.17, 15) is 0 Å². The summed E-state index contributed by atoms with van der Waals surface area (Å²) < 4.78 is 2.03. The molecule has 1 aliphatic heterocycles. The summed E-state index contributed by atoms with van der Waals surface area (Å²) in [6.07, 6.45) is 1.09. The van der Waals surface area contributed by atoms with Crippen molar-refractivity contribution in [3.8, 4) is 0 Å². The Kier molecular flexibility index (Phi) is 2.28. The number of rotatable bonds is 2. The standard InChI is InChI=1S/C8H14N4O/c1-6-10-11-8(5-13)12(6)7-2-3-9-4-7/h7,9,13H,2-5H2,1H3. The van der Waals surface area contributed by atoms with Crippen LogP contribution in [0.3, 0.4) is 0 Å². The lowest BCUT2D eigenvalue weighted by Crippen LogP contribution is -2.16. The monoisotopic (exact) mass is 182 g/mol. The van der Waals surface area contributed by atoms with Crippen LogP contribution in [0.25, 0.3) is 0 Å². The molecule has 13 heavy (non-hydrogen) atoms. The van der Waals surface area contributed by atoms with E-state index >= 15 is 0 Å². The van der Waals surface area contributed by atoms with Crippen molar-refractivity contribution >= 4 is 0 Å². The molecule has 72 valence electrons. The van der Waals surface area contributed by atoms with E-state index in [1.807, 2.05) is 11.5 Å². The molecule has 2 heterocycles. The zero-order chi connectivity index (χ0) is 9.26. The van der Waals surface area contributed by atoms with Crippen LogP contribution >= 0.6 is 0 Å². The number of hydrogen-bond acceptors (Lipinski definition) is 4. The van der Waals surface area contributed by atoms with Gasteiger partial charge in [0.05, 0.1) is 6.04 Å². The molecule has 1 unspecified atom stereocenters. The smallest absolute Gasteiger partial charge is 0.159 e. The van der Waals surface area contributed by atoms with Crippen LogP contribution in [0.2, 0.25) is 0 Å². The van der Waals surface area contributed by atoms with E-state index in [1.54, 1.807) is 0 Å². The fraction of sp³-hybridized carbons (Fsp3) is 0.750. The minimum Gasteiger partial charge on any atom is -0.388 e. The molecule has 0 aliphatic carbocycles. The first-order chi connectivity index (χ1) is 6.33. The van der Waals surface area contributed by atoms with Crippen molar-refractivity contribution in [1.82, 2.24) is 20.1 Å². The molecule has 0 bridgehead atoms. The van der Waals surface area contributed by atoms with E-state index < -0.39 is 0 Å². The molecule has 1 saturated heterocycles. The molecule has 1 aromatic rings. The van der Waals surface area contributed by atoms with Gasteiger partial charge < -0.3 is 15.0 Å². The van der Waals surface area contributed by atoms with Crippen LogP contribution in [0.5, 0.6) is 0 Å². The maximum absolute atomic E-state index is 9.05. The molecular weight excluding hydrogens is 168 g/mol. The summed E-state index contributed by atoms with van der Waals surface area (Å²) in [5, 5.41) is 20.2. The Bertz CT molecular complexity index is 290. The van der Waals surface area contributed by atoms with Crippen molar-refractivity contribution in [2.24, 2.45) is 0 Å². The third-order valence-electron chi connectivity index (χ3n) is 2.48. The summed E-state index contributed by atoms with van der Waals surface area (Å²) in [6.45, 7) is 3.88. The first-order valence-electron chi connectivity index (χ1n) is 4.55. The van der Waals surface area contributed by atoms with Crippen LogP contribution in [0, 0.1) is 6.92 Å². The van der Waals surface area contributed by atoms with Crippen LogP contribution in [0.1, 0.15) is 24.1 Å². The molecule has 1 aromatic heterocycles. The number of nitrogens with zero attached hydrogens (tertiary/aromatic N) is 3. The molecule has 2 rings (SSSR count). The average molecular weight is 182 g/mol. The summed E-state index contributed by atoms with van der Waals surface area (Å²) in [5.41, 5.74) is 0. The van der Waals surface area contributed by atoms with Crippen molar-refractivity contribution in [2.75, 3.05) is 13.1 Å². The minimum absolute atomic E-state index is 0.0304. The van der Waals surface area contributed by atoms with Gasteiger partial charge in [0.2, 0.25) is 0 Å². The van der Waals surface area contributed by atoms with E-state index in [0.29, 0.717) is 11.9 Å². The summed E-state index contributed by atoms with van der Waals surface area (Å²) >= 11 is 0. The summed E-state index contributed by atoms with van der Waals surface area (Å²) in [5.74, 6) is 1.56. The second-order valence-corrected chi connectivity index (χ2v) is 3.34. The first-order valence-corrected chi connectivity index (χ1v) is 4.55. The molecule has 0 aromatic carbocycles. The molecule has 2 N–H and O–H groups in total. The van der Waals surface area contributed by atoms with E-state index in [4.69, 9.17) is 5.11 Å². The van der Waals surface area contributed by atoms with Crippen LogP contribution in [0.15, 0.2) is 0 Å². The topological polar surface area (TPSA) is 63.0 Å². The SMILES string of the molecule is Cc1nnc(CO)n1C1CCNC1. The fourth-order valence-electron chi connectivity index (χ4n) is 1.86. The molecule has 0 spiro atoms. The fourth-order valence-corrected chi connectivity index (χ4v) is 1.86. The molecule has 1 fully saturated rings. The Morgan fingerprint density at radius 1 is 1.62 bits per heavy atom. The Labute approximate surface area is 76.8 Å². The number of nitrogens with one attached hydrogen (secondary N) is 1. The van der Waals surface area contributed by atoms with Gasteiger partial charge in [0.15, 0.2) is 5.82 Å². The molecule has 0 radical (unpaired) electrons. The molecule has 1 atom stereocenters. The molecule has 1 aliphatic rings. The van der Waals surface area contributed by atoms with E-state index in [0.717, 1.165) is 25.3 Å². The van der Waals surface area contributed by atoms with Gasteiger partial charge in [-0.25, -0.2) is 0 Å². The Balaban J connectivity index is 2.30. The third-order valence-corrected chi connectivity index (χ3v) is 2.48. The third kappa shape index (κ3) is 1.45. The van der Waals surface area contributed by atoms with Gasteiger partial charge in [0.25, 0.3) is 0 Å². The van der Waals surface area contributed by atoms with Gasteiger partial charge in [0.1, 0.15) is 12.4 Å². The number of aromatic nitrogens is 3. The lowest BCUT2D eigenvalue weighted by Gasteiger charge is -2.13. The summed E-state index contributed by atoms with van der Waals surface area (Å²) in [7, 11) is 0. The minimum atomic E-state index is -0.0304. The normalized spacial score (nSPS) is 22.5. The van der Waals surface area contributed by atoms with Crippen molar-refractivity contribution in [1.29, 1.82) is 0 Å². The molecule has 5 nitrogen and oxygen atoms in total. The van der Waals surface area contributed by atoms with Gasteiger partial charge >= 0.3 is 0 Å². The maximum Gasteiger partial charge on any atom is 0.159 e. The molecule has 0 amide bonds. The van der Waals surface area contributed by atoms with Crippen molar-refractivity contribution < 1.29 is 5.11 Å². The second-order valence-electron chi connectivity index (χ2n) is 3.34. The van der Waals surface area contributed by atoms with Crippen molar-refractivity contribution in [3.63, 3.8) is 0 Å². The van der Waals surface area contributed by atoms with Gasteiger partial charge in [-0.2, -0.15) is 0 Å². The van der Waals surface area contributed by atoms with Crippen molar-refractivity contribution in [3.05, 3.63) is 11.6 Å². The lowest BCUT2D eigenvalue weighted by molar-refractivity contribution is 0.260. The van der Waals surface area contributed by atoms with Gasteiger partial charge in [-0.05, 0) is 19.9 Å². The Hall–Kier alpha value is -0.940. The molecule has 5 heteroatoms. The number of aliphatic hydroxyl groups excluding tert-OH is 1. The maximum atomic E-state index is 9.05. The predicted molar refractivity (Wildman–Crippen MR) is 47.2 cm³/mol. The van der Waals surface area contributed by atoms with Crippen LogP contribution in [-0.2, 0) is 6.61 Å². The average Bonchev–Trinajstić information content (AvgIpc) is 2.72. The first kappa shape index (κ1) is 8.65. The number of aliphatic hydroxyl groups is 1. The van der Waals surface area contributed by atoms with E-state index in [-0.39, 0.29) is 6.61 Å². The quantitative estimate of drug-likeness (QED) is 0.654. The van der Waals surface area contributed by atoms with Crippen LogP contribution in [-0.4, -0.2) is 33.0 Å². The predicted octanol–water partition coefficient (Wildman–Crippen LogP) is -0.387. The van der Waals surface area contributed by atoms with Gasteiger partial charge in [-0.3, -0.25) is 0 Å². The van der Waals surface area contributed by atoms with Gasteiger partial charge in [-0.1, -0.05) is 0 Å². The highest BCUT2D eigenvalue weighted by atomic mass is 16.3. The highest BCUT2D eigenvalue weighted by molar-refractivity contribution is 4.98. The van der Waals surface area contributed by atoms with Crippen LogP contribution < -0.4 is 5.32 Å². The summed E-state index contributed by atoms with van der Waals surface area (Å²) in [6, 6.07) is 0.414. The van der Waals surface area contributed by atoms with Crippen LogP contribution in [0.4, 0.5) is 0 Å². The highest BCUT2D eigenvalue weighted by Crippen LogP contribution is 2.18. The van der Waals surface area contributed by atoms with E-state index in [2.05, 4.69) is 15.5 Å². The Morgan fingerprint density at radius 3 is 3.08 bits per heavy atom. The van der Waals surface area contributed by atoms with E-state index in [1.165, 1.54) is 0 Å². The van der Waals surface area contributed by atoms with Crippen molar-refractivity contribution in [2.45, 2.75) is 26.0 Å². The number of aryl methyl sites for hydroxylation is 1. The largest absolute Gasteiger partial charge is 0.388 e. The second kappa shape index (κ2) is 3.43. The highest BCUT2D eigenvalue weighted by Gasteiger charge is 2.21. The number of hydrogen-bond donors (Lipinski definition) is 2. The summed E-state index contributed by atoms with van der Waals surface area (Å²) in [4.78, 5) is 0. The van der Waals surface area contributed by atoms with Gasteiger partial charge in [0, 0.05) is 6.54 Å². The molecule has 0 saturated carbocycles. The molecular formula is C8H14N4O. The Morgan fingerprint density at radius 2 is 2.46 bits per heavy atom. The zero-order valence-electron chi connectivity index (χ0n) is 7.69.